The van der Waals surface area contributed by atoms with Gasteiger partial charge in [0.25, 0.3) is 5.91 Å². The van der Waals surface area contributed by atoms with Gasteiger partial charge in [-0.05, 0) is 43.2 Å². The minimum absolute atomic E-state index is 0.0406. The molecule has 2 aliphatic rings. The Morgan fingerprint density at radius 1 is 1.16 bits per heavy atom. The predicted octanol–water partition coefficient (Wildman–Crippen LogP) is 3.29. The van der Waals surface area contributed by atoms with Crippen LogP contribution in [0.3, 0.4) is 0 Å². The number of carbonyl (C=O) groups excluding carboxylic acids is 3. The van der Waals surface area contributed by atoms with E-state index in [1.807, 2.05) is 6.92 Å². The minimum Gasteiger partial charge on any atom is -0.435 e. The van der Waals surface area contributed by atoms with Crippen molar-refractivity contribution in [3.8, 4) is 5.75 Å². The second-order valence-corrected chi connectivity index (χ2v) is 7.97. The van der Waals surface area contributed by atoms with Crippen LogP contribution in [-0.4, -0.2) is 41.4 Å². The quantitative estimate of drug-likeness (QED) is 0.712. The number of para-hydroxylation sites is 1. The maximum absolute atomic E-state index is 13.2. The van der Waals surface area contributed by atoms with E-state index in [-0.39, 0.29) is 43.0 Å². The molecular formula is C23H23F2N3O4. The van der Waals surface area contributed by atoms with Gasteiger partial charge in [-0.1, -0.05) is 24.3 Å². The first-order chi connectivity index (χ1) is 15.3. The molecule has 1 N–H and O–H groups in total. The molecule has 32 heavy (non-hydrogen) atoms. The molecule has 0 saturated carbocycles. The van der Waals surface area contributed by atoms with Gasteiger partial charge < -0.3 is 15.0 Å². The maximum atomic E-state index is 13.2. The number of halogens is 2. The molecule has 0 spiro atoms. The van der Waals surface area contributed by atoms with E-state index in [0.29, 0.717) is 24.1 Å². The van der Waals surface area contributed by atoms with Gasteiger partial charge in [-0.2, -0.15) is 8.78 Å². The molecule has 0 aliphatic carbocycles. The summed E-state index contributed by atoms with van der Waals surface area (Å²) in [6, 6.07) is 13.0. The van der Waals surface area contributed by atoms with Crippen LogP contribution in [-0.2, 0) is 16.1 Å². The largest absolute Gasteiger partial charge is 0.435 e. The zero-order chi connectivity index (χ0) is 22.9. The van der Waals surface area contributed by atoms with Crippen LogP contribution in [0.25, 0.3) is 0 Å². The highest BCUT2D eigenvalue weighted by molar-refractivity contribution is 6.10. The highest BCUT2D eigenvalue weighted by atomic mass is 19.3. The van der Waals surface area contributed by atoms with E-state index in [2.05, 4.69) is 10.1 Å². The summed E-state index contributed by atoms with van der Waals surface area (Å²) in [4.78, 5) is 41.4. The lowest BCUT2D eigenvalue weighted by atomic mass is 9.98. The van der Waals surface area contributed by atoms with Gasteiger partial charge in [0.05, 0.1) is 11.3 Å². The molecule has 0 radical (unpaired) electrons. The topological polar surface area (TPSA) is 79.0 Å². The van der Waals surface area contributed by atoms with Crippen LogP contribution in [0.2, 0.25) is 0 Å². The fraction of sp³-hybridized carbons (Fsp3) is 0.348. The standard InChI is InChI=1S/C23H23F2N3O4/c1-23-12-10-20(30)28(23)18-5-3-2-4-17(18)21(31)27(23)13-11-19(29)26-14-15-6-8-16(9-7-15)32-22(24)25/h2-9,22H,10-14H2,1H3,(H,26,29). The summed E-state index contributed by atoms with van der Waals surface area (Å²) in [7, 11) is 0. The monoisotopic (exact) mass is 443 g/mol. The fourth-order valence-corrected chi connectivity index (χ4v) is 4.33. The van der Waals surface area contributed by atoms with Crippen molar-refractivity contribution in [1.29, 1.82) is 0 Å². The first kappa shape index (κ1) is 21.7. The number of nitrogens with zero attached hydrogens (tertiary/aromatic N) is 2. The van der Waals surface area contributed by atoms with Crippen molar-refractivity contribution < 1.29 is 27.9 Å². The van der Waals surface area contributed by atoms with Crippen molar-refractivity contribution in [2.75, 3.05) is 11.4 Å². The summed E-state index contributed by atoms with van der Waals surface area (Å²) in [6.45, 7) is -0.655. The summed E-state index contributed by atoms with van der Waals surface area (Å²) >= 11 is 0. The van der Waals surface area contributed by atoms with Gasteiger partial charge in [0, 0.05) is 25.9 Å². The normalized spacial score (nSPS) is 19.8. The molecule has 3 amide bonds. The molecule has 1 fully saturated rings. The summed E-state index contributed by atoms with van der Waals surface area (Å²) in [6.07, 6.45) is 0.907. The van der Waals surface area contributed by atoms with E-state index in [1.165, 1.54) is 12.1 Å². The molecule has 0 bridgehead atoms. The summed E-state index contributed by atoms with van der Waals surface area (Å²) in [5.74, 6) is -0.454. The Morgan fingerprint density at radius 2 is 1.88 bits per heavy atom. The number of amides is 3. The molecule has 1 unspecified atom stereocenters. The number of hydrogen-bond acceptors (Lipinski definition) is 4. The second kappa shape index (κ2) is 8.57. The lowest BCUT2D eigenvalue weighted by Crippen LogP contribution is -2.62. The predicted molar refractivity (Wildman–Crippen MR) is 112 cm³/mol. The molecule has 1 atom stereocenters. The van der Waals surface area contributed by atoms with E-state index < -0.39 is 12.3 Å². The van der Waals surface area contributed by atoms with Crippen LogP contribution in [0.5, 0.6) is 5.75 Å². The van der Waals surface area contributed by atoms with E-state index in [1.54, 1.807) is 46.2 Å². The molecule has 7 nitrogen and oxygen atoms in total. The molecule has 9 heteroatoms. The zero-order valence-electron chi connectivity index (χ0n) is 17.5. The summed E-state index contributed by atoms with van der Waals surface area (Å²) < 4.78 is 28.7. The highest BCUT2D eigenvalue weighted by Crippen LogP contribution is 2.43. The van der Waals surface area contributed by atoms with Crippen LogP contribution in [0.1, 0.15) is 42.1 Å². The minimum atomic E-state index is -2.89. The van der Waals surface area contributed by atoms with Gasteiger partial charge in [0.2, 0.25) is 11.8 Å². The number of ether oxygens (including phenoxy) is 1. The Hall–Kier alpha value is -3.49. The number of rotatable bonds is 7. The van der Waals surface area contributed by atoms with Crippen LogP contribution in [0.4, 0.5) is 14.5 Å². The molecule has 4 rings (SSSR count). The first-order valence-corrected chi connectivity index (χ1v) is 10.3. The average Bonchev–Trinajstić information content (AvgIpc) is 3.08. The van der Waals surface area contributed by atoms with Gasteiger partial charge in [0.1, 0.15) is 11.4 Å². The van der Waals surface area contributed by atoms with E-state index in [4.69, 9.17) is 0 Å². The zero-order valence-corrected chi connectivity index (χ0v) is 17.5. The Balaban J connectivity index is 1.39. The number of anilines is 1. The third-order valence-electron chi connectivity index (χ3n) is 5.95. The number of fused-ring (bicyclic) bond motifs is 3. The molecule has 2 heterocycles. The number of carbonyl (C=O) groups is 3. The smallest absolute Gasteiger partial charge is 0.387 e. The van der Waals surface area contributed by atoms with Crippen LogP contribution < -0.4 is 15.0 Å². The van der Waals surface area contributed by atoms with Crippen molar-refractivity contribution in [1.82, 2.24) is 10.2 Å². The van der Waals surface area contributed by atoms with Gasteiger partial charge in [-0.15, -0.1) is 0 Å². The lowest BCUT2D eigenvalue weighted by molar-refractivity contribution is -0.121. The molecular weight excluding hydrogens is 420 g/mol. The molecule has 0 aromatic heterocycles. The van der Waals surface area contributed by atoms with Crippen LogP contribution in [0, 0.1) is 0 Å². The average molecular weight is 443 g/mol. The lowest BCUT2D eigenvalue weighted by Gasteiger charge is -2.48. The molecule has 168 valence electrons. The van der Waals surface area contributed by atoms with Gasteiger partial charge in [-0.25, -0.2) is 0 Å². The van der Waals surface area contributed by atoms with E-state index in [9.17, 15) is 23.2 Å². The highest BCUT2D eigenvalue weighted by Gasteiger charge is 2.52. The van der Waals surface area contributed by atoms with E-state index >= 15 is 0 Å². The molecule has 2 aromatic rings. The SMILES string of the molecule is CC12CCC(=O)N1c1ccccc1C(=O)N2CCC(=O)NCc1ccc(OC(F)F)cc1. The van der Waals surface area contributed by atoms with Crippen LogP contribution in [0.15, 0.2) is 48.5 Å². The molecule has 2 aliphatic heterocycles. The van der Waals surface area contributed by atoms with Gasteiger partial charge in [0.15, 0.2) is 0 Å². The third kappa shape index (κ3) is 4.02. The van der Waals surface area contributed by atoms with E-state index in [0.717, 1.165) is 5.56 Å². The Kier molecular flexibility index (Phi) is 5.82. The second-order valence-electron chi connectivity index (χ2n) is 7.97. The first-order valence-electron chi connectivity index (χ1n) is 10.3. The van der Waals surface area contributed by atoms with Gasteiger partial charge >= 0.3 is 6.61 Å². The van der Waals surface area contributed by atoms with Crippen molar-refractivity contribution in [2.45, 2.75) is 45.0 Å². The van der Waals surface area contributed by atoms with Crippen LogP contribution >= 0.6 is 0 Å². The fourth-order valence-electron chi connectivity index (χ4n) is 4.33. The van der Waals surface area contributed by atoms with Crippen molar-refractivity contribution in [3.05, 3.63) is 59.7 Å². The molecule has 1 saturated heterocycles. The molecule has 2 aromatic carbocycles. The number of benzene rings is 2. The third-order valence-corrected chi connectivity index (χ3v) is 5.95. The number of alkyl halides is 2. The van der Waals surface area contributed by atoms with Crippen molar-refractivity contribution in [3.63, 3.8) is 0 Å². The maximum Gasteiger partial charge on any atom is 0.387 e. The van der Waals surface area contributed by atoms with Crippen molar-refractivity contribution >= 4 is 23.4 Å². The summed E-state index contributed by atoms with van der Waals surface area (Å²) in [5.41, 5.74) is 0.986. The summed E-state index contributed by atoms with van der Waals surface area (Å²) in [5, 5.41) is 2.77. The Morgan fingerprint density at radius 3 is 2.59 bits per heavy atom. The Labute approximate surface area is 183 Å². The van der Waals surface area contributed by atoms with Crippen molar-refractivity contribution in [2.24, 2.45) is 0 Å². The Bertz CT molecular complexity index is 1040. The number of nitrogens with one attached hydrogen (secondary N) is 1. The number of hydrogen-bond donors (Lipinski definition) is 1. The van der Waals surface area contributed by atoms with Gasteiger partial charge in [-0.3, -0.25) is 19.3 Å².